The quantitative estimate of drug-likeness (QED) is 0.559. The molecule has 0 aromatic carbocycles. The van der Waals surface area contributed by atoms with E-state index in [1.54, 1.807) is 10.7 Å². The summed E-state index contributed by atoms with van der Waals surface area (Å²) < 4.78 is 2.60. The van der Waals surface area contributed by atoms with Gasteiger partial charge in [0.15, 0.2) is 5.65 Å². The van der Waals surface area contributed by atoms with Crippen LogP contribution in [0.5, 0.6) is 0 Å². The van der Waals surface area contributed by atoms with Crippen molar-refractivity contribution in [2.24, 2.45) is 5.84 Å². The minimum absolute atomic E-state index is 0.410. The van der Waals surface area contributed by atoms with E-state index in [2.05, 4.69) is 31.4 Å². The van der Waals surface area contributed by atoms with Crippen LogP contribution < -0.4 is 11.3 Å². The molecule has 2 heterocycles. The third-order valence-corrected chi connectivity index (χ3v) is 1.92. The Morgan fingerprint density at radius 1 is 1.58 bits per heavy atom. The van der Waals surface area contributed by atoms with Crippen molar-refractivity contribution in [2.45, 2.75) is 0 Å². The van der Waals surface area contributed by atoms with E-state index in [0.29, 0.717) is 5.95 Å². The van der Waals surface area contributed by atoms with E-state index in [1.807, 2.05) is 12.1 Å². The molecule has 0 aliphatic carbocycles. The summed E-state index contributed by atoms with van der Waals surface area (Å²) in [5.74, 6) is 5.56. The first-order valence-electron chi connectivity index (χ1n) is 3.28. The van der Waals surface area contributed by atoms with Crippen LogP contribution in [0.2, 0.25) is 0 Å². The number of pyridine rings is 1. The predicted octanol–water partition coefficient (Wildman–Crippen LogP) is 0.777. The standard InChI is InChI=1S/C6H6BrN5/c7-4-1-2-12-5(3-4)9-6(10-8)11-12/h1-3H,8H2,(H,10,11). The van der Waals surface area contributed by atoms with Crippen LogP contribution in [0.1, 0.15) is 0 Å². The lowest BCUT2D eigenvalue weighted by Gasteiger charge is -1.89. The molecule has 12 heavy (non-hydrogen) atoms. The number of nitrogens with one attached hydrogen (secondary N) is 1. The van der Waals surface area contributed by atoms with Gasteiger partial charge in [0.1, 0.15) is 0 Å². The van der Waals surface area contributed by atoms with Gasteiger partial charge in [-0.15, -0.1) is 5.10 Å². The van der Waals surface area contributed by atoms with Crippen LogP contribution in [-0.4, -0.2) is 14.6 Å². The van der Waals surface area contributed by atoms with E-state index in [9.17, 15) is 0 Å². The van der Waals surface area contributed by atoms with Gasteiger partial charge in [0.25, 0.3) is 5.95 Å². The second-order valence-electron chi connectivity index (χ2n) is 2.23. The summed E-state index contributed by atoms with van der Waals surface area (Å²) in [6, 6.07) is 3.73. The summed E-state index contributed by atoms with van der Waals surface area (Å²) in [5, 5.41) is 4.02. The van der Waals surface area contributed by atoms with Gasteiger partial charge in [-0.2, -0.15) is 4.98 Å². The molecule has 5 nitrogen and oxygen atoms in total. The smallest absolute Gasteiger partial charge is 0.257 e. The van der Waals surface area contributed by atoms with Crippen molar-refractivity contribution in [1.82, 2.24) is 14.6 Å². The van der Waals surface area contributed by atoms with Gasteiger partial charge in [-0.05, 0) is 12.1 Å². The van der Waals surface area contributed by atoms with Gasteiger partial charge in [0.2, 0.25) is 0 Å². The van der Waals surface area contributed by atoms with Crippen molar-refractivity contribution in [1.29, 1.82) is 0 Å². The highest BCUT2D eigenvalue weighted by molar-refractivity contribution is 9.10. The first kappa shape index (κ1) is 7.51. The molecule has 6 heteroatoms. The number of fused-ring (bicyclic) bond motifs is 1. The van der Waals surface area contributed by atoms with Crippen molar-refractivity contribution in [3.05, 3.63) is 22.8 Å². The van der Waals surface area contributed by atoms with Gasteiger partial charge in [0.05, 0.1) is 0 Å². The average molecular weight is 228 g/mol. The zero-order chi connectivity index (χ0) is 8.55. The van der Waals surface area contributed by atoms with E-state index in [0.717, 1.165) is 10.1 Å². The first-order chi connectivity index (χ1) is 5.79. The summed E-state index contributed by atoms with van der Waals surface area (Å²) in [6.45, 7) is 0. The molecule has 0 spiro atoms. The molecule has 2 rings (SSSR count). The monoisotopic (exact) mass is 227 g/mol. The number of hydrogen-bond acceptors (Lipinski definition) is 4. The van der Waals surface area contributed by atoms with Gasteiger partial charge < -0.3 is 0 Å². The van der Waals surface area contributed by atoms with Gasteiger partial charge >= 0.3 is 0 Å². The number of nitrogen functional groups attached to an aromatic ring is 1. The Morgan fingerprint density at radius 3 is 3.17 bits per heavy atom. The zero-order valence-corrected chi connectivity index (χ0v) is 7.62. The first-order valence-corrected chi connectivity index (χ1v) is 4.07. The maximum atomic E-state index is 5.15. The largest absolute Gasteiger partial charge is 0.291 e. The van der Waals surface area contributed by atoms with Gasteiger partial charge in [0, 0.05) is 10.7 Å². The van der Waals surface area contributed by atoms with Crippen molar-refractivity contribution in [2.75, 3.05) is 5.43 Å². The Balaban J connectivity index is 2.67. The van der Waals surface area contributed by atoms with E-state index in [4.69, 9.17) is 5.84 Å². The number of halogens is 1. The summed E-state index contributed by atoms with van der Waals surface area (Å²) >= 11 is 3.33. The van der Waals surface area contributed by atoms with Crippen molar-refractivity contribution in [3.63, 3.8) is 0 Å². The molecular weight excluding hydrogens is 222 g/mol. The molecule has 0 fully saturated rings. The Labute approximate surface area is 76.7 Å². The molecule has 2 aromatic rings. The van der Waals surface area contributed by atoms with Crippen molar-refractivity contribution in [3.8, 4) is 0 Å². The normalized spacial score (nSPS) is 10.5. The fourth-order valence-corrected chi connectivity index (χ4v) is 1.24. The Morgan fingerprint density at radius 2 is 2.42 bits per heavy atom. The molecule has 3 N–H and O–H groups in total. The number of anilines is 1. The van der Waals surface area contributed by atoms with Crippen molar-refractivity contribution < 1.29 is 0 Å². The molecule has 0 aliphatic rings. The summed E-state index contributed by atoms with van der Waals surface area (Å²) in [6.07, 6.45) is 1.80. The molecule has 0 unspecified atom stereocenters. The van der Waals surface area contributed by atoms with Crippen LogP contribution >= 0.6 is 15.9 Å². The summed E-state index contributed by atoms with van der Waals surface area (Å²) in [5.41, 5.74) is 3.13. The lowest BCUT2D eigenvalue weighted by atomic mass is 10.5. The van der Waals surface area contributed by atoms with Crippen LogP contribution in [-0.2, 0) is 0 Å². The maximum absolute atomic E-state index is 5.15. The van der Waals surface area contributed by atoms with Gasteiger partial charge in [-0.1, -0.05) is 15.9 Å². The third kappa shape index (κ3) is 1.15. The van der Waals surface area contributed by atoms with Crippen molar-refractivity contribution >= 4 is 27.5 Å². The highest BCUT2D eigenvalue weighted by Crippen LogP contribution is 2.12. The number of aromatic nitrogens is 3. The molecule has 0 atom stereocenters. The Bertz CT molecular complexity index is 409. The minimum Gasteiger partial charge on any atom is -0.291 e. The average Bonchev–Trinajstić information content (AvgIpc) is 2.46. The molecule has 0 saturated heterocycles. The molecule has 62 valence electrons. The van der Waals surface area contributed by atoms with E-state index in [-0.39, 0.29) is 0 Å². The van der Waals surface area contributed by atoms with Crippen LogP contribution in [0.4, 0.5) is 5.95 Å². The molecule has 2 aromatic heterocycles. The SMILES string of the molecule is NNc1nc2cc(Br)ccn2n1. The highest BCUT2D eigenvalue weighted by Gasteiger charge is 2.00. The zero-order valence-electron chi connectivity index (χ0n) is 6.03. The molecular formula is C6H6BrN5. The van der Waals surface area contributed by atoms with Crippen LogP contribution in [0.3, 0.4) is 0 Å². The topological polar surface area (TPSA) is 68.2 Å². The fourth-order valence-electron chi connectivity index (χ4n) is 0.918. The fraction of sp³-hybridized carbons (Fsp3) is 0. The van der Waals surface area contributed by atoms with E-state index >= 15 is 0 Å². The minimum atomic E-state index is 0.410. The number of rotatable bonds is 1. The lowest BCUT2D eigenvalue weighted by Crippen LogP contribution is -2.08. The Kier molecular flexibility index (Phi) is 1.70. The molecule has 0 aliphatic heterocycles. The Hall–Kier alpha value is -1.14. The van der Waals surface area contributed by atoms with Gasteiger partial charge in [-0.3, -0.25) is 5.43 Å². The van der Waals surface area contributed by atoms with E-state index in [1.165, 1.54) is 0 Å². The molecule has 0 saturated carbocycles. The third-order valence-electron chi connectivity index (χ3n) is 1.43. The number of hydrogen-bond donors (Lipinski definition) is 2. The molecule has 0 amide bonds. The number of nitrogens with two attached hydrogens (primary N) is 1. The van der Waals surface area contributed by atoms with Gasteiger partial charge in [-0.25, -0.2) is 10.4 Å². The lowest BCUT2D eigenvalue weighted by molar-refractivity contribution is 0.957. The number of hydrazine groups is 1. The van der Waals surface area contributed by atoms with E-state index < -0.39 is 0 Å². The summed E-state index contributed by atoms with van der Waals surface area (Å²) in [7, 11) is 0. The van der Waals surface area contributed by atoms with Crippen LogP contribution in [0, 0.1) is 0 Å². The summed E-state index contributed by atoms with van der Waals surface area (Å²) in [4.78, 5) is 4.08. The predicted molar refractivity (Wildman–Crippen MR) is 48.5 cm³/mol. The molecule has 0 bridgehead atoms. The second-order valence-corrected chi connectivity index (χ2v) is 3.14. The maximum Gasteiger partial charge on any atom is 0.257 e. The number of nitrogens with zero attached hydrogens (tertiary/aromatic N) is 3. The van der Waals surface area contributed by atoms with Crippen LogP contribution in [0.15, 0.2) is 22.8 Å². The molecule has 0 radical (unpaired) electrons. The highest BCUT2D eigenvalue weighted by atomic mass is 79.9. The second kappa shape index (κ2) is 2.72. The van der Waals surface area contributed by atoms with Crippen LogP contribution in [0.25, 0.3) is 5.65 Å².